The summed E-state index contributed by atoms with van der Waals surface area (Å²) in [6.45, 7) is 1.71. The number of imide groups is 4. The van der Waals surface area contributed by atoms with Crippen molar-refractivity contribution in [1.82, 2.24) is 4.90 Å². The quantitative estimate of drug-likeness (QED) is 0.383. The Morgan fingerprint density at radius 2 is 1.86 bits per heavy atom. The average Bonchev–Trinajstić information content (AvgIpc) is 3.37. The number of likely N-dealkylation sites (tertiary alicyclic amines) is 1. The number of hydrogen-bond acceptors (Lipinski definition) is 8. The van der Waals surface area contributed by atoms with E-state index < -0.39 is 70.5 Å². The van der Waals surface area contributed by atoms with E-state index in [9.17, 15) is 33.5 Å². The normalized spacial score (nSPS) is 30.6. The summed E-state index contributed by atoms with van der Waals surface area (Å²) in [5.74, 6) is -6.66. The lowest BCUT2D eigenvalue weighted by molar-refractivity contribution is -0.138. The monoisotopic (exact) mass is 620 g/mol. The maximum Gasteiger partial charge on any atom is 0.423 e. The van der Waals surface area contributed by atoms with E-state index in [1.165, 1.54) is 18.2 Å². The predicted molar refractivity (Wildman–Crippen MR) is 152 cm³/mol. The zero-order valence-electron chi connectivity index (χ0n) is 23.6. The van der Waals surface area contributed by atoms with Crippen LogP contribution in [0.1, 0.15) is 25.3 Å². The number of allylic oxidation sites excluding steroid dienone is 3. The van der Waals surface area contributed by atoms with Crippen LogP contribution < -0.4 is 9.64 Å². The van der Waals surface area contributed by atoms with Gasteiger partial charge in [-0.2, -0.15) is 4.90 Å². The van der Waals surface area contributed by atoms with E-state index >= 15 is 0 Å². The van der Waals surface area contributed by atoms with E-state index in [0.717, 1.165) is 18.1 Å². The first kappa shape index (κ1) is 28.3. The van der Waals surface area contributed by atoms with Gasteiger partial charge in [-0.25, -0.2) is 14.1 Å². The number of amides is 5. The Labute approximate surface area is 255 Å². The molecule has 3 fully saturated rings. The summed E-state index contributed by atoms with van der Waals surface area (Å²) < 4.78 is 24.7. The van der Waals surface area contributed by atoms with Gasteiger partial charge in [-0.3, -0.25) is 19.2 Å². The number of benzene rings is 2. The summed E-state index contributed by atoms with van der Waals surface area (Å²) in [5.41, 5.74) is 0.776. The van der Waals surface area contributed by atoms with Crippen LogP contribution in [0.5, 0.6) is 11.5 Å². The molecule has 5 aliphatic rings. The lowest BCUT2D eigenvalue weighted by Gasteiger charge is -2.49. The van der Waals surface area contributed by atoms with Crippen molar-refractivity contribution in [2.75, 3.05) is 12.0 Å². The third-order valence-corrected chi connectivity index (χ3v) is 10.2. The molecule has 2 aromatic carbocycles. The largest absolute Gasteiger partial charge is 0.508 e. The first-order valence-electron chi connectivity index (χ1n) is 14.1. The molecule has 7 rings (SSSR count). The van der Waals surface area contributed by atoms with Gasteiger partial charge in [0.05, 0.1) is 47.3 Å². The van der Waals surface area contributed by atoms with Gasteiger partial charge in [-0.15, -0.1) is 0 Å². The molecule has 44 heavy (non-hydrogen) atoms. The Morgan fingerprint density at radius 3 is 2.59 bits per heavy atom. The number of aromatic hydroxyl groups is 1. The van der Waals surface area contributed by atoms with Crippen molar-refractivity contribution in [2.24, 2.45) is 35.0 Å². The van der Waals surface area contributed by atoms with Crippen molar-refractivity contribution in [3.8, 4) is 11.5 Å². The number of fused-ring (bicyclic) bond motifs is 5. The van der Waals surface area contributed by atoms with E-state index in [2.05, 4.69) is 0 Å². The zero-order valence-corrected chi connectivity index (χ0v) is 24.3. The first-order chi connectivity index (χ1) is 21.0. The SMILES string of the molecule is COC(=O)N1C(=O)C2CC=C3C(CC4C(=O)N(c5ccc(F)c(Cl)c5)C(=O)C4(C)C3C3=COc4ccc(O)cc4C3)C2C1=O. The third kappa shape index (κ3) is 3.74. The highest BCUT2D eigenvalue weighted by Gasteiger charge is 2.68. The van der Waals surface area contributed by atoms with Crippen LogP contribution in [0.2, 0.25) is 5.02 Å². The van der Waals surface area contributed by atoms with Crippen LogP contribution in [-0.4, -0.2) is 46.8 Å². The Bertz CT molecular complexity index is 1770. The maximum absolute atomic E-state index is 14.5. The summed E-state index contributed by atoms with van der Waals surface area (Å²) in [6.07, 6.45) is 2.81. The standard InChI is InChI=1S/C32H26ClFN2O8/c1-32-21(28(39)35(30(32)41)16-3-7-23(34)22(33)11-16)12-20-18(5-6-19-25(20)29(40)36(27(19)38)31(42)43-2)26(32)15-9-14-10-17(37)4-8-24(14)44-13-15/h3-5,7-8,10-11,13,19-21,25-26,37H,6,9,12H2,1-2H3. The van der Waals surface area contributed by atoms with Gasteiger partial charge in [0.2, 0.25) is 23.6 Å². The van der Waals surface area contributed by atoms with Crippen LogP contribution in [0.25, 0.3) is 0 Å². The van der Waals surface area contributed by atoms with Gasteiger partial charge < -0.3 is 14.6 Å². The highest BCUT2D eigenvalue weighted by Crippen LogP contribution is 2.63. The van der Waals surface area contributed by atoms with Crippen LogP contribution in [0.15, 0.2) is 59.9 Å². The van der Waals surface area contributed by atoms with Crippen molar-refractivity contribution in [2.45, 2.75) is 26.2 Å². The number of ether oxygens (including phenoxy) is 2. The molecule has 3 aliphatic heterocycles. The Morgan fingerprint density at radius 1 is 1.09 bits per heavy atom. The number of carbonyl (C=O) groups excluding carboxylic acids is 5. The fourth-order valence-corrected chi connectivity index (χ4v) is 8.16. The molecular formula is C32H26ClFN2O8. The highest BCUT2D eigenvalue weighted by molar-refractivity contribution is 6.31. The van der Waals surface area contributed by atoms with Gasteiger partial charge in [0, 0.05) is 17.9 Å². The predicted octanol–water partition coefficient (Wildman–Crippen LogP) is 4.53. The van der Waals surface area contributed by atoms with Crippen molar-refractivity contribution >= 4 is 47.0 Å². The minimum atomic E-state index is -1.36. The number of halogens is 2. The summed E-state index contributed by atoms with van der Waals surface area (Å²) >= 11 is 6.04. The van der Waals surface area contributed by atoms with Crippen LogP contribution in [0, 0.1) is 40.8 Å². The molecule has 3 heterocycles. The molecule has 226 valence electrons. The van der Waals surface area contributed by atoms with Gasteiger partial charge in [0.15, 0.2) is 0 Å². The second-order valence-electron chi connectivity index (χ2n) is 12.0. The Hall–Kier alpha value is -4.51. The number of phenolic OH excluding ortho intramolecular Hbond substituents is 1. The molecule has 10 nitrogen and oxygen atoms in total. The number of hydrogen-bond donors (Lipinski definition) is 1. The van der Waals surface area contributed by atoms with E-state index in [1.54, 1.807) is 25.3 Å². The highest BCUT2D eigenvalue weighted by atomic mass is 35.5. The molecule has 0 bridgehead atoms. The average molecular weight is 621 g/mol. The summed E-state index contributed by atoms with van der Waals surface area (Å²) in [6, 6.07) is 8.30. The molecule has 1 N–H and O–H groups in total. The lowest BCUT2D eigenvalue weighted by atomic mass is 9.51. The Kier molecular flexibility index (Phi) is 6.26. The molecule has 6 atom stereocenters. The van der Waals surface area contributed by atoms with Crippen LogP contribution in [-0.2, 0) is 30.3 Å². The summed E-state index contributed by atoms with van der Waals surface area (Å²) in [7, 11) is 1.08. The van der Waals surface area contributed by atoms with Crippen molar-refractivity contribution < 1.29 is 42.9 Å². The van der Waals surface area contributed by atoms with Gasteiger partial charge in [0.25, 0.3) is 0 Å². The topological polar surface area (TPSA) is 131 Å². The fourth-order valence-electron chi connectivity index (χ4n) is 7.99. The molecule has 0 spiro atoms. The second-order valence-corrected chi connectivity index (χ2v) is 12.4. The van der Waals surface area contributed by atoms with Crippen molar-refractivity contribution in [1.29, 1.82) is 0 Å². The molecular weight excluding hydrogens is 595 g/mol. The number of carbonyl (C=O) groups is 5. The van der Waals surface area contributed by atoms with Gasteiger partial charge in [0.1, 0.15) is 17.3 Å². The molecule has 6 unspecified atom stereocenters. The Balaban J connectivity index is 1.37. The van der Waals surface area contributed by atoms with E-state index in [1.807, 2.05) is 6.08 Å². The van der Waals surface area contributed by atoms with Crippen LogP contribution in [0.4, 0.5) is 14.9 Å². The van der Waals surface area contributed by atoms with Crippen LogP contribution >= 0.6 is 11.6 Å². The smallest absolute Gasteiger partial charge is 0.423 e. The molecule has 2 saturated heterocycles. The van der Waals surface area contributed by atoms with E-state index in [-0.39, 0.29) is 35.7 Å². The number of phenols is 1. The number of nitrogens with zero attached hydrogens (tertiary/aromatic N) is 2. The van der Waals surface area contributed by atoms with Gasteiger partial charge in [-0.1, -0.05) is 23.3 Å². The lowest BCUT2D eigenvalue weighted by Crippen LogP contribution is -2.51. The molecule has 12 heteroatoms. The van der Waals surface area contributed by atoms with Crippen molar-refractivity contribution in [3.63, 3.8) is 0 Å². The van der Waals surface area contributed by atoms with E-state index in [4.69, 9.17) is 21.1 Å². The minimum Gasteiger partial charge on any atom is -0.508 e. The van der Waals surface area contributed by atoms with Gasteiger partial charge in [-0.05, 0) is 67.7 Å². The molecule has 1 saturated carbocycles. The molecule has 2 aromatic rings. The van der Waals surface area contributed by atoms with E-state index in [0.29, 0.717) is 27.4 Å². The maximum atomic E-state index is 14.5. The molecule has 2 aliphatic carbocycles. The number of methoxy groups -OCH3 is 1. The molecule has 0 radical (unpaired) electrons. The second kappa shape index (κ2) is 9.75. The van der Waals surface area contributed by atoms with Crippen LogP contribution in [0.3, 0.4) is 0 Å². The summed E-state index contributed by atoms with van der Waals surface area (Å²) in [5, 5.41) is 9.91. The fraction of sp³-hybridized carbons (Fsp3) is 0.344. The zero-order chi connectivity index (χ0) is 31.2. The number of anilines is 1. The molecule has 0 aromatic heterocycles. The van der Waals surface area contributed by atoms with Crippen molar-refractivity contribution in [3.05, 3.63) is 76.3 Å². The molecule has 5 amide bonds. The van der Waals surface area contributed by atoms with Gasteiger partial charge >= 0.3 is 6.09 Å². The minimum absolute atomic E-state index is 0.0309. The number of rotatable bonds is 2. The third-order valence-electron chi connectivity index (χ3n) is 9.94. The first-order valence-corrected chi connectivity index (χ1v) is 14.5. The summed E-state index contributed by atoms with van der Waals surface area (Å²) in [4.78, 5) is 69.5.